The standard InChI is InChI=1S/2C10H9.CH3.2ClH.H2Si.Zr/c2*1-8-6-9-4-2-3-5-10(9)7-8;;;;;/h2*2-7H,1H3;1H3;2*1H;1H2;. The molecule has 2 aliphatic rings. The van der Waals surface area contributed by atoms with E-state index in [4.69, 9.17) is 0 Å². The second-order valence-corrected chi connectivity index (χ2v) is 26.7. The molecule has 0 aliphatic heterocycles. The average molecular weight is 468 g/mol. The first kappa shape index (κ1) is 20.9. The Kier molecular flexibility index (Phi) is 6.43. The third-order valence-corrected chi connectivity index (χ3v) is 20.7. The quantitative estimate of drug-likeness (QED) is 0.483. The summed E-state index contributed by atoms with van der Waals surface area (Å²) in [6, 6.07) is 18.1. The Bertz CT molecular complexity index is 842. The van der Waals surface area contributed by atoms with Gasteiger partial charge >= 0.3 is 146 Å². The zero-order chi connectivity index (χ0) is 16.2. The van der Waals surface area contributed by atoms with Crippen molar-refractivity contribution in [3.05, 3.63) is 81.9 Å². The van der Waals surface area contributed by atoms with Crippen molar-refractivity contribution in [3.8, 4) is 0 Å². The van der Waals surface area contributed by atoms with Gasteiger partial charge in [-0.2, -0.15) is 0 Å². The topological polar surface area (TPSA) is 0 Å². The minimum Gasteiger partial charge on any atom is -0.147 e. The first-order valence-corrected chi connectivity index (χ1v) is 19.6. The summed E-state index contributed by atoms with van der Waals surface area (Å²) in [5.74, 6) is 0. The normalized spacial score (nSPS) is 22.5. The number of rotatable bonds is 2. The van der Waals surface area contributed by atoms with Gasteiger partial charge in [0, 0.05) is 0 Å². The summed E-state index contributed by atoms with van der Waals surface area (Å²) in [6.07, 6.45) is 4.87. The van der Waals surface area contributed by atoms with Gasteiger partial charge in [-0.3, -0.25) is 0 Å². The average Bonchev–Trinajstić information content (AvgIpc) is 3.02. The van der Waals surface area contributed by atoms with Gasteiger partial charge in [-0.15, -0.1) is 24.8 Å². The molecule has 131 valence electrons. The SMILES string of the molecule is CC1=Cc2ccccc2[CH]1[Zr]([CH3])(=[SiH2])[CH]1C(C)=Cc2ccccc21.Cl.Cl. The molecule has 0 bridgehead atoms. The number of fused-ring (bicyclic) bond motifs is 2. The van der Waals surface area contributed by atoms with Crippen LogP contribution >= 0.6 is 24.8 Å². The van der Waals surface area contributed by atoms with Gasteiger partial charge in [0.2, 0.25) is 0 Å². The van der Waals surface area contributed by atoms with E-state index in [0.717, 1.165) is 0 Å². The molecule has 0 spiro atoms. The summed E-state index contributed by atoms with van der Waals surface area (Å²) in [5, 5.41) is 0. The molecule has 0 saturated carbocycles. The molecule has 0 heterocycles. The largest absolute Gasteiger partial charge is 0.147 e. The third-order valence-electron chi connectivity index (χ3n) is 5.61. The first-order valence-electron chi connectivity index (χ1n) is 8.40. The van der Waals surface area contributed by atoms with Gasteiger partial charge in [0.1, 0.15) is 0 Å². The molecule has 2 unspecified atom stereocenters. The Labute approximate surface area is 169 Å². The molecule has 0 nitrogen and oxygen atoms in total. The van der Waals surface area contributed by atoms with Crippen LogP contribution in [0.25, 0.3) is 12.2 Å². The minimum atomic E-state index is -2.47. The van der Waals surface area contributed by atoms with Gasteiger partial charge in [-0.1, -0.05) is 0 Å². The molecule has 4 heteroatoms. The maximum Gasteiger partial charge on any atom is -0.147 e. The Hall–Kier alpha value is -0.400. The number of allylic oxidation sites excluding steroid dienone is 2. The molecule has 0 saturated heterocycles. The number of halogens is 2. The van der Waals surface area contributed by atoms with Crippen molar-refractivity contribution >= 4 is 43.8 Å². The summed E-state index contributed by atoms with van der Waals surface area (Å²) < 4.78 is 4.08. The number of hydrogen-bond donors (Lipinski definition) is 0. The van der Waals surface area contributed by atoms with Gasteiger partial charge in [-0.25, -0.2) is 0 Å². The summed E-state index contributed by atoms with van der Waals surface area (Å²) >= 11 is -2.47. The number of hydrogen-bond acceptors (Lipinski definition) is 0. The van der Waals surface area contributed by atoms with Crippen molar-refractivity contribution in [2.24, 2.45) is 0 Å². The van der Waals surface area contributed by atoms with E-state index in [1.807, 2.05) is 0 Å². The fourth-order valence-electron chi connectivity index (χ4n) is 4.88. The maximum atomic E-state index is 2.67. The summed E-state index contributed by atoms with van der Waals surface area (Å²) in [7, 11) is 0. The molecule has 0 N–H and O–H groups in total. The first-order chi connectivity index (χ1) is 11.0. The maximum absolute atomic E-state index is 2.67. The van der Waals surface area contributed by atoms with Crippen molar-refractivity contribution in [1.29, 1.82) is 0 Å². The van der Waals surface area contributed by atoms with E-state index in [-0.39, 0.29) is 24.8 Å². The monoisotopic (exact) mass is 465 g/mol. The molecule has 4 rings (SSSR count). The van der Waals surface area contributed by atoms with Crippen LogP contribution < -0.4 is 0 Å². The van der Waals surface area contributed by atoms with Crippen LogP contribution in [0.4, 0.5) is 0 Å². The van der Waals surface area contributed by atoms with Crippen molar-refractivity contribution in [3.63, 3.8) is 0 Å². The molecule has 2 aliphatic carbocycles. The van der Waals surface area contributed by atoms with E-state index in [2.05, 4.69) is 86.0 Å². The summed E-state index contributed by atoms with van der Waals surface area (Å²) in [5.41, 5.74) is 9.29. The van der Waals surface area contributed by atoms with E-state index in [0.29, 0.717) is 7.25 Å². The Morgan fingerprint density at radius 3 is 1.48 bits per heavy atom. The summed E-state index contributed by atoms with van der Waals surface area (Å²) in [6.45, 7) is 7.11. The van der Waals surface area contributed by atoms with Crippen LogP contribution in [0.2, 0.25) is 4.63 Å². The molecule has 25 heavy (non-hydrogen) atoms. The smallest absolute Gasteiger partial charge is 0.147 e. The van der Waals surface area contributed by atoms with E-state index >= 15 is 0 Å². The van der Waals surface area contributed by atoms with E-state index in [1.54, 1.807) is 22.3 Å². The molecule has 2 aromatic rings. The fourth-order valence-corrected chi connectivity index (χ4v) is 22.4. The predicted octanol–water partition coefficient (Wildman–Crippen LogP) is 5.90. The van der Waals surface area contributed by atoms with Gasteiger partial charge < -0.3 is 0 Å². The van der Waals surface area contributed by atoms with Crippen LogP contribution in [0.3, 0.4) is 0 Å². The fraction of sp³-hybridized carbons (Fsp3) is 0.238. The van der Waals surface area contributed by atoms with Crippen LogP contribution in [0.1, 0.15) is 43.4 Å². The Morgan fingerprint density at radius 1 is 0.720 bits per heavy atom. The van der Waals surface area contributed by atoms with Gasteiger partial charge in [0.25, 0.3) is 0 Å². The Morgan fingerprint density at radius 2 is 1.08 bits per heavy atom. The zero-order valence-electron chi connectivity index (χ0n) is 15.0. The minimum absolute atomic E-state index is 0. The molecule has 0 aromatic heterocycles. The van der Waals surface area contributed by atoms with Crippen molar-refractivity contribution in [2.75, 3.05) is 0 Å². The molecular formula is C21H25Cl2SiZr. The molecule has 0 amide bonds. The molecule has 0 fully saturated rings. The third kappa shape index (κ3) is 3.32. The summed E-state index contributed by atoms with van der Waals surface area (Å²) in [4.78, 5) is 0. The van der Waals surface area contributed by atoms with Crippen molar-refractivity contribution in [1.82, 2.24) is 0 Å². The van der Waals surface area contributed by atoms with Crippen molar-refractivity contribution < 1.29 is 18.9 Å². The van der Waals surface area contributed by atoms with Crippen LogP contribution in [-0.2, 0) is 18.9 Å². The second-order valence-electron chi connectivity index (χ2n) is 7.41. The van der Waals surface area contributed by atoms with E-state index < -0.39 is 18.9 Å². The number of benzene rings is 2. The zero-order valence-corrected chi connectivity index (χ0v) is 20.5. The van der Waals surface area contributed by atoms with Crippen LogP contribution in [0.5, 0.6) is 0 Å². The van der Waals surface area contributed by atoms with Crippen LogP contribution in [-0.4, -0.2) is 6.88 Å². The van der Waals surface area contributed by atoms with Gasteiger partial charge in [-0.05, 0) is 0 Å². The van der Waals surface area contributed by atoms with Crippen LogP contribution in [0.15, 0.2) is 59.7 Å². The van der Waals surface area contributed by atoms with Gasteiger partial charge in [0.15, 0.2) is 0 Å². The van der Waals surface area contributed by atoms with Gasteiger partial charge in [0.05, 0.1) is 0 Å². The van der Waals surface area contributed by atoms with E-state index in [1.165, 1.54) is 11.1 Å². The molecule has 0 radical (unpaired) electrons. The molecular weight excluding hydrogens is 442 g/mol. The second kappa shape index (κ2) is 7.69. The Balaban J connectivity index is 0.00000113. The molecule has 2 atom stereocenters. The molecule has 2 aromatic carbocycles. The van der Waals surface area contributed by atoms with Crippen LogP contribution in [0, 0.1) is 0 Å². The predicted molar refractivity (Wildman–Crippen MR) is 115 cm³/mol. The van der Waals surface area contributed by atoms with Crippen molar-refractivity contribution in [2.45, 2.75) is 25.7 Å². The van der Waals surface area contributed by atoms with E-state index in [9.17, 15) is 0 Å².